The third kappa shape index (κ3) is 7.12. The van der Waals surface area contributed by atoms with Gasteiger partial charge in [0.25, 0.3) is 5.91 Å². The first-order chi connectivity index (χ1) is 14.9. The van der Waals surface area contributed by atoms with Crippen LogP contribution in [0.15, 0.2) is 42.5 Å². The van der Waals surface area contributed by atoms with Crippen molar-refractivity contribution in [3.63, 3.8) is 0 Å². The summed E-state index contributed by atoms with van der Waals surface area (Å²) in [5, 5.41) is 2.98. The molecule has 0 fully saturated rings. The minimum Gasteiger partial charge on any atom is -0.483 e. The molecule has 0 aliphatic rings. The molecule has 0 saturated heterocycles. The molecule has 1 unspecified atom stereocenters. The van der Waals surface area contributed by atoms with E-state index in [1.165, 1.54) is 0 Å². The highest BCUT2D eigenvalue weighted by molar-refractivity contribution is 5.88. The maximum absolute atomic E-state index is 13.3. The van der Waals surface area contributed by atoms with Crippen LogP contribution in [0.3, 0.4) is 0 Å². The Balaban J connectivity index is 2.21. The lowest BCUT2D eigenvalue weighted by molar-refractivity contribution is -0.143. The van der Waals surface area contributed by atoms with Gasteiger partial charge in [0.2, 0.25) is 5.91 Å². The fourth-order valence-corrected chi connectivity index (χ4v) is 3.54. The SMILES string of the molecule is CCCCNC(=O)C(CC)N(Cc1cccc(C)c1)C(=O)COc1cccc(C)c1C. The molecule has 2 aromatic carbocycles. The Morgan fingerprint density at radius 1 is 1.06 bits per heavy atom. The topological polar surface area (TPSA) is 58.6 Å². The quantitative estimate of drug-likeness (QED) is 0.531. The van der Waals surface area contributed by atoms with Crippen LogP contribution in [0.2, 0.25) is 0 Å². The minimum atomic E-state index is -0.535. The molecule has 5 nitrogen and oxygen atoms in total. The van der Waals surface area contributed by atoms with Crippen LogP contribution in [0.5, 0.6) is 5.75 Å². The summed E-state index contributed by atoms with van der Waals surface area (Å²) < 4.78 is 5.87. The van der Waals surface area contributed by atoms with Crippen molar-refractivity contribution in [1.29, 1.82) is 0 Å². The van der Waals surface area contributed by atoms with E-state index in [0.717, 1.165) is 35.1 Å². The summed E-state index contributed by atoms with van der Waals surface area (Å²) in [5.74, 6) is 0.396. The molecule has 1 N–H and O–H groups in total. The second kappa shape index (κ2) is 12.1. The Morgan fingerprint density at radius 2 is 1.81 bits per heavy atom. The van der Waals surface area contributed by atoms with Crippen molar-refractivity contribution in [2.24, 2.45) is 0 Å². The summed E-state index contributed by atoms with van der Waals surface area (Å²) in [4.78, 5) is 27.8. The van der Waals surface area contributed by atoms with E-state index in [0.29, 0.717) is 25.3 Å². The van der Waals surface area contributed by atoms with E-state index in [-0.39, 0.29) is 18.4 Å². The summed E-state index contributed by atoms with van der Waals surface area (Å²) >= 11 is 0. The summed E-state index contributed by atoms with van der Waals surface area (Å²) in [6.45, 7) is 10.9. The van der Waals surface area contributed by atoms with Crippen molar-refractivity contribution >= 4 is 11.8 Å². The van der Waals surface area contributed by atoms with Gasteiger partial charge in [-0.25, -0.2) is 0 Å². The molecular weight excluding hydrogens is 388 g/mol. The zero-order valence-electron chi connectivity index (χ0n) is 19.5. The van der Waals surface area contributed by atoms with Crippen LogP contribution in [0.4, 0.5) is 0 Å². The van der Waals surface area contributed by atoms with Gasteiger partial charge < -0.3 is 15.0 Å². The highest BCUT2D eigenvalue weighted by atomic mass is 16.5. The molecule has 0 bridgehead atoms. The Hall–Kier alpha value is -2.82. The molecule has 0 radical (unpaired) electrons. The molecule has 2 amide bonds. The fourth-order valence-electron chi connectivity index (χ4n) is 3.54. The second-order valence-electron chi connectivity index (χ2n) is 8.07. The average molecular weight is 425 g/mol. The van der Waals surface area contributed by atoms with Crippen LogP contribution < -0.4 is 10.1 Å². The molecular formula is C26H36N2O3. The molecule has 0 saturated carbocycles. The van der Waals surface area contributed by atoms with Gasteiger partial charge in [-0.1, -0.05) is 62.2 Å². The monoisotopic (exact) mass is 424 g/mol. The van der Waals surface area contributed by atoms with Crippen LogP contribution in [-0.4, -0.2) is 35.9 Å². The highest BCUT2D eigenvalue weighted by Gasteiger charge is 2.29. The van der Waals surface area contributed by atoms with Crippen molar-refractivity contribution in [1.82, 2.24) is 10.2 Å². The molecule has 0 aliphatic heterocycles. The van der Waals surface area contributed by atoms with Gasteiger partial charge in [0, 0.05) is 13.1 Å². The number of hydrogen-bond donors (Lipinski definition) is 1. The molecule has 5 heteroatoms. The number of ether oxygens (including phenoxy) is 1. The van der Waals surface area contributed by atoms with Crippen LogP contribution in [0.1, 0.15) is 55.4 Å². The minimum absolute atomic E-state index is 0.102. The number of amides is 2. The smallest absolute Gasteiger partial charge is 0.261 e. The molecule has 168 valence electrons. The van der Waals surface area contributed by atoms with Crippen molar-refractivity contribution < 1.29 is 14.3 Å². The predicted octanol–water partition coefficient (Wildman–Crippen LogP) is 4.71. The maximum Gasteiger partial charge on any atom is 0.261 e. The van der Waals surface area contributed by atoms with Crippen LogP contribution in [0.25, 0.3) is 0 Å². The zero-order valence-corrected chi connectivity index (χ0v) is 19.5. The standard InChI is InChI=1S/C26H36N2O3/c1-6-8-15-27-26(30)23(7-2)28(17-22-13-9-11-19(3)16-22)25(29)18-31-24-14-10-12-20(4)21(24)5/h9-14,16,23H,6-8,15,17-18H2,1-5H3,(H,27,30). The van der Waals surface area contributed by atoms with Gasteiger partial charge in [-0.05, 0) is 56.4 Å². The first kappa shape index (κ1) is 24.4. The normalized spacial score (nSPS) is 11.6. The van der Waals surface area contributed by atoms with E-state index in [4.69, 9.17) is 4.74 Å². The first-order valence-corrected chi connectivity index (χ1v) is 11.2. The molecule has 0 aliphatic carbocycles. The molecule has 0 spiro atoms. The molecule has 2 aromatic rings. The van der Waals surface area contributed by atoms with Crippen LogP contribution in [0, 0.1) is 20.8 Å². The molecule has 0 heterocycles. The Labute approximate surface area is 186 Å². The van der Waals surface area contributed by atoms with Crippen molar-refractivity contribution in [2.45, 2.75) is 66.5 Å². The van der Waals surface area contributed by atoms with E-state index in [1.807, 2.05) is 70.2 Å². The van der Waals surface area contributed by atoms with Gasteiger partial charge in [-0.3, -0.25) is 9.59 Å². The van der Waals surface area contributed by atoms with Gasteiger partial charge in [0.05, 0.1) is 0 Å². The van der Waals surface area contributed by atoms with Gasteiger partial charge in [0.1, 0.15) is 11.8 Å². The van der Waals surface area contributed by atoms with E-state index in [2.05, 4.69) is 12.2 Å². The van der Waals surface area contributed by atoms with Crippen LogP contribution in [-0.2, 0) is 16.1 Å². The van der Waals surface area contributed by atoms with E-state index in [1.54, 1.807) is 4.90 Å². The molecule has 0 aromatic heterocycles. The summed E-state index contributed by atoms with van der Waals surface area (Å²) in [6, 6.07) is 13.3. The maximum atomic E-state index is 13.3. The van der Waals surface area contributed by atoms with Crippen molar-refractivity contribution in [2.75, 3.05) is 13.2 Å². The Morgan fingerprint density at radius 3 is 2.48 bits per heavy atom. The van der Waals surface area contributed by atoms with Crippen molar-refractivity contribution in [3.05, 3.63) is 64.7 Å². The Bertz CT molecular complexity index is 879. The largest absolute Gasteiger partial charge is 0.483 e. The van der Waals surface area contributed by atoms with E-state index < -0.39 is 6.04 Å². The average Bonchev–Trinajstić information content (AvgIpc) is 2.74. The Kier molecular flexibility index (Phi) is 9.57. The number of nitrogens with zero attached hydrogens (tertiary/aromatic N) is 1. The van der Waals surface area contributed by atoms with E-state index in [9.17, 15) is 9.59 Å². The van der Waals surface area contributed by atoms with Crippen molar-refractivity contribution in [3.8, 4) is 5.75 Å². The predicted molar refractivity (Wildman–Crippen MR) is 125 cm³/mol. The lowest BCUT2D eigenvalue weighted by atomic mass is 10.1. The zero-order chi connectivity index (χ0) is 22.8. The number of hydrogen-bond acceptors (Lipinski definition) is 3. The number of carbonyl (C=O) groups is 2. The summed E-state index contributed by atoms with van der Waals surface area (Å²) in [7, 11) is 0. The molecule has 31 heavy (non-hydrogen) atoms. The lowest BCUT2D eigenvalue weighted by Gasteiger charge is -2.30. The lowest BCUT2D eigenvalue weighted by Crippen LogP contribution is -2.50. The van der Waals surface area contributed by atoms with Gasteiger partial charge >= 0.3 is 0 Å². The van der Waals surface area contributed by atoms with Gasteiger partial charge in [-0.2, -0.15) is 0 Å². The number of carbonyl (C=O) groups excluding carboxylic acids is 2. The number of nitrogens with one attached hydrogen (secondary N) is 1. The number of unbranched alkanes of at least 4 members (excludes halogenated alkanes) is 1. The summed E-state index contributed by atoms with van der Waals surface area (Å²) in [5.41, 5.74) is 4.25. The molecule has 2 rings (SSSR count). The number of aryl methyl sites for hydroxylation is 2. The summed E-state index contributed by atoms with van der Waals surface area (Å²) in [6.07, 6.45) is 2.47. The third-order valence-electron chi connectivity index (χ3n) is 5.56. The number of rotatable bonds is 11. The highest BCUT2D eigenvalue weighted by Crippen LogP contribution is 2.21. The van der Waals surface area contributed by atoms with Gasteiger partial charge in [0.15, 0.2) is 6.61 Å². The first-order valence-electron chi connectivity index (χ1n) is 11.2. The van der Waals surface area contributed by atoms with E-state index >= 15 is 0 Å². The van der Waals surface area contributed by atoms with Gasteiger partial charge in [-0.15, -0.1) is 0 Å². The number of benzene rings is 2. The second-order valence-corrected chi connectivity index (χ2v) is 8.07. The fraction of sp³-hybridized carbons (Fsp3) is 0.462. The third-order valence-corrected chi connectivity index (χ3v) is 5.56. The van der Waals surface area contributed by atoms with Crippen LogP contribution >= 0.6 is 0 Å². The molecule has 1 atom stereocenters.